The van der Waals surface area contributed by atoms with E-state index in [-0.39, 0.29) is 5.78 Å². The van der Waals surface area contributed by atoms with Gasteiger partial charge in [-0.1, -0.05) is 0 Å². The van der Waals surface area contributed by atoms with E-state index in [1.54, 1.807) is 0 Å². The van der Waals surface area contributed by atoms with E-state index in [0.29, 0.717) is 0 Å². The Labute approximate surface area is 57.1 Å². The molecule has 3 nitrogen and oxygen atoms in total. The van der Waals surface area contributed by atoms with Crippen LogP contribution in [-0.4, -0.2) is 17.0 Å². The van der Waals surface area contributed by atoms with Gasteiger partial charge in [0.1, 0.15) is 0 Å². The van der Waals surface area contributed by atoms with Gasteiger partial charge in [-0.05, 0) is 0 Å². The number of rotatable bonds is 0. The van der Waals surface area contributed by atoms with Crippen molar-refractivity contribution in [3.63, 3.8) is 0 Å². The number of ether oxygens (including phenoxy) is 1. The summed E-state index contributed by atoms with van der Waals surface area (Å²) in [5.41, 5.74) is 0. The summed E-state index contributed by atoms with van der Waals surface area (Å²) in [6.07, 6.45) is 2.25. The molecule has 1 atom stereocenters. The highest BCUT2D eigenvalue weighted by Gasteiger charge is 2.24. The molecular formula is C5H4O3S. The van der Waals surface area contributed by atoms with Crippen molar-refractivity contribution in [3.05, 3.63) is 12.3 Å². The first-order chi connectivity index (χ1) is 4.22. The highest BCUT2D eigenvalue weighted by atomic mass is 32.1. The van der Waals surface area contributed by atoms with Crippen molar-refractivity contribution in [1.82, 2.24) is 0 Å². The molecule has 0 fully saturated rings. The molecule has 0 aromatic heterocycles. The number of ketones is 1. The number of hydrogen-bond acceptors (Lipinski definition) is 4. The highest BCUT2D eigenvalue weighted by molar-refractivity contribution is 7.82. The van der Waals surface area contributed by atoms with E-state index in [1.807, 2.05) is 0 Å². The molecule has 1 aliphatic rings. The maximum Gasteiger partial charge on any atom is 0.331 e. The molecule has 1 rings (SSSR count). The Kier molecular flexibility index (Phi) is 1.57. The van der Waals surface area contributed by atoms with Crippen molar-refractivity contribution < 1.29 is 14.3 Å². The zero-order valence-electron chi connectivity index (χ0n) is 4.40. The molecule has 1 unspecified atom stereocenters. The minimum Gasteiger partial charge on any atom is -0.433 e. The van der Waals surface area contributed by atoms with Crippen LogP contribution in [0.25, 0.3) is 0 Å². The standard InChI is InChI=1S/C5H4O3S/c6-3-1-2-8-5(7)4(3)9/h1-2,4,9H. The van der Waals surface area contributed by atoms with Crippen LogP contribution in [0.1, 0.15) is 0 Å². The van der Waals surface area contributed by atoms with Gasteiger partial charge in [0.15, 0.2) is 11.0 Å². The lowest BCUT2D eigenvalue weighted by atomic mass is 10.2. The molecule has 0 spiro atoms. The summed E-state index contributed by atoms with van der Waals surface area (Å²) in [6.45, 7) is 0. The summed E-state index contributed by atoms with van der Waals surface area (Å²) in [5.74, 6) is -0.930. The molecule has 0 aromatic rings. The number of carbonyl (C=O) groups is 2. The Bertz CT molecular complexity index is 185. The van der Waals surface area contributed by atoms with Gasteiger partial charge in [0.2, 0.25) is 0 Å². The van der Waals surface area contributed by atoms with Crippen molar-refractivity contribution in [2.45, 2.75) is 5.25 Å². The molecule has 0 aliphatic carbocycles. The smallest absolute Gasteiger partial charge is 0.331 e. The van der Waals surface area contributed by atoms with Crippen LogP contribution in [0.5, 0.6) is 0 Å². The molecule has 0 radical (unpaired) electrons. The fourth-order valence-corrected chi connectivity index (χ4v) is 0.587. The Morgan fingerprint density at radius 2 is 2.22 bits per heavy atom. The second kappa shape index (κ2) is 2.23. The monoisotopic (exact) mass is 144 g/mol. The summed E-state index contributed by atoms with van der Waals surface area (Å²) in [6, 6.07) is 0. The fraction of sp³-hybridized carbons (Fsp3) is 0.200. The Hall–Kier alpha value is -0.770. The van der Waals surface area contributed by atoms with Gasteiger partial charge in [0.25, 0.3) is 0 Å². The number of thiol groups is 1. The molecule has 1 heterocycles. The maximum atomic E-state index is 10.5. The number of cyclic esters (lactones) is 1. The molecule has 0 bridgehead atoms. The van der Waals surface area contributed by atoms with Gasteiger partial charge >= 0.3 is 5.97 Å². The Morgan fingerprint density at radius 1 is 1.56 bits per heavy atom. The molecule has 4 heteroatoms. The molecule has 0 saturated heterocycles. The van der Waals surface area contributed by atoms with Gasteiger partial charge in [-0.3, -0.25) is 4.79 Å². The number of hydrogen-bond donors (Lipinski definition) is 1. The van der Waals surface area contributed by atoms with Crippen LogP contribution in [0.2, 0.25) is 0 Å². The minimum atomic E-state index is -0.921. The van der Waals surface area contributed by atoms with Gasteiger partial charge in [0.05, 0.1) is 6.26 Å². The van der Waals surface area contributed by atoms with Gasteiger partial charge in [-0.2, -0.15) is 12.6 Å². The predicted molar refractivity (Wildman–Crippen MR) is 33.0 cm³/mol. The molecular weight excluding hydrogens is 140 g/mol. The first kappa shape index (κ1) is 6.35. The van der Waals surface area contributed by atoms with Gasteiger partial charge < -0.3 is 4.74 Å². The lowest BCUT2D eigenvalue weighted by Crippen LogP contribution is -2.27. The topological polar surface area (TPSA) is 43.4 Å². The molecule has 48 valence electrons. The number of allylic oxidation sites excluding steroid dienone is 1. The van der Waals surface area contributed by atoms with Crippen molar-refractivity contribution in [2.24, 2.45) is 0 Å². The molecule has 0 N–H and O–H groups in total. The zero-order chi connectivity index (χ0) is 6.85. The largest absolute Gasteiger partial charge is 0.433 e. The third kappa shape index (κ3) is 1.13. The van der Waals surface area contributed by atoms with E-state index in [9.17, 15) is 9.59 Å². The van der Waals surface area contributed by atoms with E-state index in [2.05, 4.69) is 17.4 Å². The van der Waals surface area contributed by atoms with Gasteiger partial charge in [-0.15, -0.1) is 0 Å². The molecule has 1 aliphatic heterocycles. The van der Waals surface area contributed by atoms with Gasteiger partial charge in [0, 0.05) is 6.08 Å². The summed E-state index contributed by atoms with van der Waals surface area (Å²) >= 11 is 3.68. The molecule has 0 amide bonds. The van der Waals surface area contributed by atoms with Gasteiger partial charge in [-0.25, -0.2) is 4.79 Å². The first-order valence-corrected chi connectivity index (χ1v) is 2.82. The van der Waals surface area contributed by atoms with E-state index < -0.39 is 11.2 Å². The molecule has 0 aromatic carbocycles. The number of carbonyl (C=O) groups excluding carboxylic acids is 2. The Morgan fingerprint density at radius 3 is 2.67 bits per heavy atom. The summed E-state index contributed by atoms with van der Waals surface area (Å²) in [5, 5.41) is -0.921. The molecule has 9 heavy (non-hydrogen) atoms. The second-order valence-corrected chi connectivity index (χ2v) is 2.06. The van der Waals surface area contributed by atoms with E-state index in [0.717, 1.165) is 6.26 Å². The van der Waals surface area contributed by atoms with Crippen LogP contribution in [0.3, 0.4) is 0 Å². The van der Waals surface area contributed by atoms with Crippen LogP contribution in [0.15, 0.2) is 12.3 Å². The SMILES string of the molecule is O=C1C=COC(=O)C1S. The Balaban J connectivity index is 2.81. The highest BCUT2D eigenvalue weighted by Crippen LogP contribution is 2.06. The van der Waals surface area contributed by atoms with Crippen molar-refractivity contribution >= 4 is 24.4 Å². The van der Waals surface area contributed by atoms with Crippen molar-refractivity contribution in [1.29, 1.82) is 0 Å². The lowest BCUT2D eigenvalue weighted by Gasteiger charge is -2.07. The van der Waals surface area contributed by atoms with Crippen LogP contribution in [0.4, 0.5) is 0 Å². The average molecular weight is 144 g/mol. The summed E-state index contributed by atoms with van der Waals surface area (Å²) < 4.78 is 4.34. The third-order valence-corrected chi connectivity index (χ3v) is 1.37. The summed E-state index contributed by atoms with van der Waals surface area (Å²) in [7, 11) is 0. The predicted octanol–water partition coefficient (Wildman–Crippen LogP) is -0.0756. The van der Waals surface area contributed by atoms with Crippen LogP contribution in [0, 0.1) is 0 Å². The summed E-state index contributed by atoms with van der Waals surface area (Å²) in [4.78, 5) is 21.0. The fourth-order valence-electron chi connectivity index (χ4n) is 0.440. The van der Waals surface area contributed by atoms with Crippen LogP contribution >= 0.6 is 12.6 Å². The number of esters is 1. The first-order valence-electron chi connectivity index (χ1n) is 2.31. The van der Waals surface area contributed by atoms with E-state index in [1.165, 1.54) is 6.08 Å². The average Bonchev–Trinajstić information content (AvgIpc) is 1.83. The van der Waals surface area contributed by atoms with Crippen LogP contribution in [-0.2, 0) is 14.3 Å². The molecule has 0 saturated carbocycles. The lowest BCUT2D eigenvalue weighted by molar-refractivity contribution is -0.140. The van der Waals surface area contributed by atoms with Crippen molar-refractivity contribution in [3.8, 4) is 0 Å². The zero-order valence-corrected chi connectivity index (χ0v) is 5.30. The third-order valence-electron chi connectivity index (χ3n) is 0.909. The van der Waals surface area contributed by atoms with E-state index in [4.69, 9.17) is 0 Å². The normalized spacial score (nSPS) is 26.1. The minimum absolute atomic E-state index is 0.324. The van der Waals surface area contributed by atoms with E-state index >= 15 is 0 Å². The quantitative estimate of drug-likeness (QED) is 0.294. The maximum absolute atomic E-state index is 10.5. The second-order valence-electron chi connectivity index (χ2n) is 1.54. The van der Waals surface area contributed by atoms with Crippen molar-refractivity contribution in [2.75, 3.05) is 0 Å². The van der Waals surface area contributed by atoms with Crippen LogP contribution < -0.4 is 0 Å².